The molecule has 2 aromatic rings. The highest BCUT2D eigenvalue weighted by atomic mass is 19.1. The van der Waals surface area contributed by atoms with Gasteiger partial charge in [0.15, 0.2) is 6.61 Å². The van der Waals surface area contributed by atoms with Crippen LogP contribution in [0.1, 0.15) is 18.1 Å². The lowest BCUT2D eigenvalue weighted by molar-refractivity contribution is -0.142. The summed E-state index contributed by atoms with van der Waals surface area (Å²) < 4.78 is 17.6. The summed E-state index contributed by atoms with van der Waals surface area (Å²) in [5, 5.41) is 2.67. The predicted molar refractivity (Wildman–Crippen MR) is 90.8 cm³/mol. The van der Waals surface area contributed by atoms with Gasteiger partial charge >= 0.3 is 5.97 Å². The lowest BCUT2D eigenvalue weighted by Crippen LogP contribution is -2.20. The summed E-state index contributed by atoms with van der Waals surface area (Å²) in [6.07, 6.45) is 3.55. The number of nitrogens with one attached hydrogen (secondary N) is 1. The van der Waals surface area contributed by atoms with E-state index in [1.165, 1.54) is 36.4 Å². The van der Waals surface area contributed by atoms with Gasteiger partial charge in [-0.15, -0.1) is 0 Å². The minimum Gasteiger partial charge on any atom is -0.452 e. The van der Waals surface area contributed by atoms with Crippen molar-refractivity contribution in [2.75, 3.05) is 11.9 Å². The Bertz CT molecular complexity index is 739. The third kappa shape index (κ3) is 5.68. The first-order valence-electron chi connectivity index (χ1n) is 7.56. The molecule has 5 heteroatoms. The maximum atomic E-state index is 12.8. The van der Waals surface area contributed by atoms with Crippen molar-refractivity contribution in [3.8, 4) is 0 Å². The molecule has 2 aromatic carbocycles. The first-order valence-corrected chi connectivity index (χ1v) is 7.56. The van der Waals surface area contributed by atoms with Crippen LogP contribution in [0.2, 0.25) is 0 Å². The maximum absolute atomic E-state index is 12.8. The summed E-state index contributed by atoms with van der Waals surface area (Å²) in [5.74, 6) is -1.40. The van der Waals surface area contributed by atoms with Crippen molar-refractivity contribution in [3.05, 3.63) is 71.6 Å². The molecule has 0 spiro atoms. The highest BCUT2D eigenvalue weighted by molar-refractivity contribution is 5.94. The number of ether oxygens (including phenoxy) is 1. The maximum Gasteiger partial charge on any atom is 0.331 e. The van der Waals surface area contributed by atoms with Gasteiger partial charge in [-0.3, -0.25) is 4.79 Å². The van der Waals surface area contributed by atoms with E-state index in [1.807, 2.05) is 25.1 Å². The van der Waals surface area contributed by atoms with Gasteiger partial charge in [0.1, 0.15) is 5.82 Å². The quantitative estimate of drug-likeness (QED) is 0.652. The molecule has 0 bridgehead atoms. The van der Waals surface area contributed by atoms with E-state index >= 15 is 0 Å². The molecule has 0 saturated heterocycles. The average Bonchev–Trinajstić information content (AvgIpc) is 2.59. The Balaban J connectivity index is 1.80. The Morgan fingerprint density at radius 3 is 2.62 bits per heavy atom. The zero-order valence-electron chi connectivity index (χ0n) is 13.3. The van der Waals surface area contributed by atoms with Crippen LogP contribution in [0, 0.1) is 5.82 Å². The van der Waals surface area contributed by atoms with Crippen LogP contribution in [0.4, 0.5) is 10.1 Å². The lowest BCUT2D eigenvalue weighted by atomic mass is 10.1. The molecule has 0 saturated carbocycles. The molecule has 0 heterocycles. The normalized spacial score (nSPS) is 10.6. The highest BCUT2D eigenvalue weighted by Gasteiger charge is 2.06. The first-order chi connectivity index (χ1) is 11.6. The van der Waals surface area contributed by atoms with E-state index in [0.717, 1.165) is 12.0 Å². The zero-order chi connectivity index (χ0) is 17.4. The van der Waals surface area contributed by atoms with E-state index in [-0.39, 0.29) is 12.4 Å². The number of carbonyl (C=O) groups excluding carboxylic acids is 2. The lowest BCUT2D eigenvalue weighted by Gasteiger charge is -2.06. The number of rotatable bonds is 6. The van der Waals surface area contributed by atoms with Crippen LogP contribution in [-0.4, -0.2) is 18.5 Å². The van der Waals surface area contributed by atoms with E-state index in [9.17, 15) is 14.0 Å². The Kier molecular flexibility index (Phi) is 6.25. The van der Waals surface area contributed by atoms with Crippen LogP contribution in [0.25, 0.3) is 6.08 Å². The number of anilines is 1. The second kappa shape index (κ2) is 8.62. The van der Waals surface area contributed by atoms with Crippen molar-refractivity contribution in [2.24, 2.45) is 0 Å². The third-order valence-electron chi connectivity index (χ3n) is 3.25. The monoisotopic (exact) mass is 327 g/mol. The molecular formula is C19H18FNO3. The van der Waals surface area contributed by atoms with Crippen LogP contribution >= 0.6 is 0 Å². The molecular weight excluding hydrogens is 309 g/mol. The van der Waals surface area contributed by atoms with E-state index < -0.39 is 11.9 Å². The molecule has 1 amide bonds. The van der Waals surface area contributed by atoms with Crippen molar-refractivity contribution in [2.45, 2.75) is 13.3 Å². The third-order valence-corrected chi connectivity index (χ3v) is 3.25. The summed E-state index contributed by atoms with van der Waals surface area (Å²) >= 11 is 0. The van der Waals surface area contributed by atoms with Gasteiger partial charge in [-0.05, 0) is 47.9 Å². The Morgan fingerprint density at radius 1 is 1.17 bits per heavy atom. The molecule has 0 fully saturated rings. The predicted octanol–water partition coefficient (Wildman–Crippen LogP) is 3.58. The smallest absolute Gasteiger partial charge is 0.331 e. The van der Waals surface area contributed by atoms with Crippen LogP contribution in [-0.2, 0) is 20.7 Å². The Labute approximate surface area is 140 Å². The fourth-order valence-corrected chi connectivity index (χ4v) is 1.99. The van der Waals surface area contributed by atoms with Crippen molar-refractivity contribution in [1.29, 1.82) is 0 Å². The Morgan fingerprint density at radius 2 is 1.92 bits per heavy atom. The Hall–Kier alpha value is -2.95. The van der Waals surface area contributed by atoms with Crippen LogP contribution in [0.15, 0.2) is 54.6 Å². The largest absolute Gasteiger partial charge is 0.452 e. The molecule has 4 nitrogen and oxygen atoms in total. The zero-order valence-corrected chi connectivity index (χ0v) is 13.3. The number of carbonyl (C=O) groups is 2. The SMILES string of the molecule is CCc1cccc(NC(=O)COC(=O)/C=C/c2ccc(F)cc2)c1. The number of esters is 1. The standard InChI is InChI=1S/C19H18FNO3/c1-2-14-4-3-5-17(12-14)21-18(22)13-24-19(23)11-8-15-6-9-16(20)10-7-15/h3-12H,2,13H2,1H3,(H,21,22)/b11-8+. The molecule has 24 heavy (non-hydrogen) atoms. The fraction of sp³-hybridized carbons (Fsp3) is 0.158. The number of hydrogen-bond acceptors (Lipinski definition) is 3. The minimum absolute atomic E-state index is 0.349. The summed E-state index contributed by atoms with van der Waals surface area (Å²) in [7, 11) is 0. The number of halogens is 1. The van der Waals surface area contributed by atoms with Crippen LogP contribution in [0.5, 0.6) is 0 Å². The average molecular weight is 327 g/mol. The number of amides is 1. The van der Waals surface area contributed by atoms with E-state index in [2.05, 4.69) is 5.32 Å². The highest BCUT2D eigenvalue weighted by Crippen LogP contribution is 2.11. The van der Waals surface area contributed by atoms with Gasteiger partial charge in [0, 0.05) is 11.8 Å². The molecule has 0 atom stereocenters. The second-order valence-electron chi connectivity index (χ2n) is 5.09. The fourth-order valence-electron chi connectivity index (χ4n) is 1.99. The molecule has 0 unspecified atom stereocenters. The van der Waals surface area contributed by atoms with Gasteiger partial charge in [0.05, 0.1) is 0 Å². The number of aryl methyl sites for hydroxylation is 1. The van der Waals surface area contributed by atoms with Crippen molar-refractivity contribution < 1.29 is 18.7 Å². The molecule has 0 aromatic heterocycles. The van der Waals surface area contributed by atoms with Gasteiger partial charge in [-0.25, -0.2) is 9.18 Å². The molecule has 0 radical (unpaired) electrons. The summed E-state index contributed by atoms with van der Waals surface area (Å²) in [4.78, 5) is 23.4. The summed E-state index contributed by atoms with van der Waals surface area (Å²) in [6.45, 7) is 1.65. The van der Waals surface area contributed by atoms with Gasteiger partial charge < -0.3 is 10.1 Å². The minimum atomic E-state index is -0.642. The summed E-state index contributed by atoms with van der Waals surface area (Å²) in [5.41, 5.74) is 2.43. The topological polar surface area (TPSA) is 55.4 Å². The van der Waals surface area contributed by atoms with Crippen molar-refractivity contribution in [3.63, 3.8) is 0 Å². The molecule has 0 aliphatic carbocycles. The van der Waals surface area contributed by atoms with Crippen LogP contribution in [0.3, 0.4) is 0 Å². The first kappa shape index (κ1) is 17.4. The van der Waals surface area contributed by atoms with E-state index in [1.54, 1.807) is 6.07 Å². The summed E-state index contributed by atoms with van der Waals surface area (Å²) in [6, 6.07) is 13.1. The van der Waals surface area contributed by atoms with Crippen molar-refractivity contribution in [1.82, 2.24) is 0 Å². The van der Waals surface area contributed by atoms with Gasteiger partial charge in [0.25, 0.3) is 5.91 Å². The van der Waals surface area contributed by atoms with E-state index in [4.69, 9.17) is 4.74 Å². The second-order valence-corrected chi connectivity index (χ2v) is 5.09. The molecule has 0 aliphatic rings. The number of hydrogen-bond donors (Lipinski definition) is 1. The van der Waals surface area contributed by atoms with E-state index in [0.29, 0.717) is 11.3 Å². The molecule has 124 valence electrons. The molecule has 1 N–H and O–H groups in total. The molecule has 2 rings (SSSR count). The van der Waals surface area contributed by atoms with Gasteiger partial charge in [-0.1, -0.05) is 31.2 Å². The molecule has 0 aliphatic heterocycles. The van der Waals surface area contributed by atoms with Gasteiger partial charge in [0.2, 0.25) is 0 Å². The number of benzene rings is 2. The van der Waals surface area contributed by atoms with Crippen LogP contribution < -0.4 is 5.32 Å². The van der Waals surface area contributed by atoms with Crippen molar-refractivity contribution >= 4 is 23.6 Å². The van der Waals surface area contributed by atoms with Gasteiger partial charge in [-0.2, -0.15) is 0 Å².